The number of carbonyl (C=O) groups is 1. The van der Waals surface area contributed by atoms with Gasteiger partial charge in [-0.3, -0.25) is 4.79 Å². The van der Waals surface area contributed by atoms with E-state index in [1.54, 1.807) is 0 Å². The maximum atomic E-state index is 14.5. The van der Waals surface area contributed by atoms with Crippen molar-refractivity contribution in [2.24, 2.45) is 5.92 Å². The minimum absolute atomic E-state index is 0.0979. The van der Waals surface area contributed by atoms with Crippen LogP contribution in [-0.4, -0.2) is 60.8 Å². The predicted molar refractivity (Wildman–Crippen MR) is 110 cm³/mol. The zero-order chi connectivity index (χ0) is 25.4. The monoisotopic (exact) mass is 499 g/mol. The number of piperidine rings is 1. The largest absolute Gasteiger partial charge is 0.419 e. The summed E-state index contributed by atoms with van der Waals surface area (Å²) < 4.78 is 81.2. The molecule has 1 N–H and O–H groups in total. The van der Waals surface area contributed by atoms with E-state index in [2.05, 4.69) is 25.5 Å². The molecule has 186 valence electrons. The molecule has 35 heavy (non-hydrogen) atoms. The lowest BCUT2D eigenvalue weighted by Crippen LogP contribution is -2.57. The van der Waals surface area contributed by atoms with E-state index in [1.165, 1.54) is 25.4 Å². The Morgan fingerprint density at radius 3 is 2.46 bits per heavy atom. The van der Waals surface area contributed by atoms with Crippen LogP contribution in [0.1, 0.15) is 29.3 Å². The van der Waals surface area contributed by atoms with Crippen LogP contribution in [-0.2, 0) is 6.18 Å². The summed E-state index contributed by atoms with van der Waals surface area (Å²) in [5, 5.41) is 10.6. The van der Waals surface area contributed by atoms with E-state index in [0.717, 1.165) is 21.8 Å². The Balaban J connectivity index is 1.61. The van der Waals surface area contributed by atoms with Gasteiger partial charge in [0.2, 0.25) is 5.95 Å². The van der Waals surface area contributed by atoms with Crippen LogP contribution in [0.5, 0.6) is 0 Å². The first kappa shape index (κ1) is 24.4. The number of nitrogens with one attached hydrogen (secondary N) is 1. The van der Waals surface area contributed by atoms with Crippen molar-refractivity contribution in [3.05, 3.63) is 59.9 Å². The number of hydrogen-bond acceptors (Lipinski definition) is 6. The molecule has 0 radical (unpaired) electrons. The Morgan fingerprint density at radius 1 is 1.17 bits per heavy atom. The maximum absolute atomic E-state index is 14.5. The molecule has 3 heterocycles. The van der Waals surface area contributed by atoms with Crippen molar-refractivity contribution in [1.82, 2.24) is 29.9 Å². The lowest BCUT2D eigenvalue weighted by molar-refractivity contribution is -0.138. The summed E-state index contributed by atoms with van der Waals surface area (Å²) in [6.07, 6.45) is -1.28. The first-order valence-electron chi connectivity index (χ1n) is 10.4. The van der Waals surface area contributed by atoms with Gasteiger partial charge in [0, 0.05) is 25.4 Å². The number of hydrogen-bond donors (Lipinski definition) is 1. The third-order valence-electron chi connectivity index (χ3n) is 5.61. The van der Waals surface area contributed by atoms with Crippen molar-refractivity contribution in [3.8, 4) is 5.69 Å². The minimum atomic E-state index is -4.61. The summed E-state index contributed by atoms with van der Waals surface area (Å²) >= 11 is 0. The molecule has 1 aliphatic rings. The first-order valence-corrected chi connectivity index (χ1v) is 10.4. The third-order valence-corrected chi connectivity index (χ3v) is 5.61. The molecule has 1 aliphatic heterocycles. The van der Waals surface area contributed by atoms with Gasteiger partial charge in [-0.1, -0.05) is 6.92 Å². The van der Waals surface area contributed by atoms with Crippen LogP contribution in [0.15, 0.2) is 43.0 Å². The van der Waals surface area contributed by atoms with Crippen LogP contribution in [0, 0.1) is 11.7 Å². The zero-order valence-electron chi connectivity index (χ0n) is 18.2. The average molecular weight is 499 g/mol. The van der Waals surface area contributed by atoms with Crippen LogP contribution >= 0.6 is 0 Å². The van der Waals surface area contributed by atoms with Gasteiger partial charge >= 0.3 is 6.18 Å². The molecule has 2 aromatic heterocycles. The fourth-order valence-electron chi connectivity index (χ4n) is 3.99. The number of likely N-dealkylation sites (tertiary alicyclic amines) is 1. The number of anilines is 1. The van der Waals surface area contributed by atoms with E-state index in [1.807, 2.05) is 0 Å². The predicted octanol–water partition coefficient (Wildman–Crippen LogP) is 3.81. The Hall–Kier alpha value is -3.71. The Bertz CT molecular complexity index is 1180. The summed E-state index contributed by atoms with van der Waals surface area (Å²) in [4.78, 5) is 22.7. The highest BCUT2D eigenvalue weighted by Gasteiger charge is 2.46. The van der Waals surface area contributed by atoms with Crippen LogP contribution in [0.3, 0.4) is 0 Å². The van der Waals surface area contributed by atoms with Crippen LogP contribution in [0.4, 0.5) is 32.3 Å². The molecule has 4 rings (SSSR count). The van der Waals surface area contributed by atoms with E-state index in [4.69, 9.17) is 0 Å². The lowest BCUT2D eigenvalue weighted by atomic mass is 9.87. The number of halogens is 6. The van der Waals surface area contributed by atoms with Gasteiger partial charge in [0.15, 0.2) is 0 Å². The van der Waals surface area contributed by atoms with E-state index in [-0.39, 0.29) is 23.7 Å². The standard InChI is InChI=1S/C21H19F6N7O/c1-12-7-20(23,24)11-33(17(12)10-30-19-28-8-13(9-29-19)21(25,26)27)18(35)15-6-14(22)2-3-16(15)34-31-4-5-32-34/h2-6,8-9,12,17H,7,10-11H2,1H3,(H,28,29,30). The van der Waals surface area contributed by atoms with Crippen LogP contribution in [0.2, 0.25) is 0 Å². The number of aromatic nitrogens is 5. The Labute approximate surface area is 195 Å². The molecule has 3 aromatic rings. The van der Waals surface area contributed by atoms with Gasteiger partial charge in [0.05, 0.1) is 41.8 Å². The second-order valence-electron chi connectivity index (χ2n) is 8.19. The number of rotatable bonds is 5. The molecule has 0 spiro atoms. The topological polar surface area (TPSA) is 88.8 Å². The Kier molecular flexibility index (Phi) is 6.38. The molecule has 1 fully saturated rings. The highest BCUT2D eigenvalue weighted by Crippen LogP contribution is 2.36. The molecule has 2 atom stereocenters. The SMILES string of the molecule is CC1CC(F)(F)CN(C(=O)c2cc(F)ccc2-n2nccn2)C1CNc1ncc(C(F)(F)F)cn1. The van der Waals surface area contributed by atoms with Gasteiger partial charge < -0.3 is 10.2 Å². The molecular weight excluding hydrogens is 480 g/mol. The van der Waals surface area contributed by atoms with Crippen molar-refractivity contribution in [2.45, 2.75) is 31.5 Å². The number of nitrogens with zero attached hydrogens (tertiary/aromatic N) is 6. The summed E-state index contributed by atoms with van der Waals surface area (Å²) in [5.74, 6) is -5.71. The van der Waals surface area contributed by atoms with Crippen LogP contribution in [0.25, 0.3) is 5.69 Å². The van der Waals surface area contributed by atoms with E-state index in [0.29, 0.717) is 12.4 Å². The summed E-state index contributed by atoms with van der Waals surface area (Å²) in [7, 11) is 0. The lowest BCUT2D eigenvalue weighted by Gasteiger charge is -2.43. The summed E-state index contributed by atoms with van der Waals surface area (Å²) in [6.45, 7) is 0.465. The Morgan fingerprint density at radius 2 is 1.83 bits per heavy atom. The fourth-order valence-corrected chi connectivity index (χ4v) is 3.99. The minimum Gasteiger partial charge on any atom is -0.352 e. The number of amides is 1. The smallest absolute Gasteiger partial charge is 0.352 e. The molecule has 0 bridgehead atoms. The third kappa shape index (κ3) is 5.35. The van der Waals surface area contributed by atoms with Gasteiger partial charge in [0.25, 0.3) is 11.8 Å². The molecular formula is C21H19F6N7O. The van der Waals surface area contributed by atoms with Gasteiger partial charge in [-0.05, 0) is 24.1 Å². The molecule has 8 nitrogen and oxygen atoms in total. The second kappa shape index (κ2) is 9.15. The molecule has 0 aliphatic carbocycles. The highest BCUT2D eigenvalue weighted by molar-refractivity contribution is 5.98. The molecule has 1 saturated heterocycles. The van der Waals surface area contributed by atoms with E-state index in [9.17, 15) is 31.1 Å². The van der Waals surface area contributed by atoms with E-state index < -0.39 is 54.3 Å². The fraction of sp³-hybridized carbons (Fsp3) is 0.381. The molecule has 0 saturated carbocycles. The van der Waals surface area contributed by atoms with Crippen molar-refractivity contribution in [2.75, 3.05) is 18.4 Å². The zero-order valence-corrected chi connectivity index (χ0v) is 18.2. The van der Waals surface area contributed by atoms with Crippen molar-refractivity contribution in [1.29, 1.82) is 0 Å². The summed E-state index contributed by atoms with van der Waals surface area (Å²) in [6, 6.07) is 2.44. The molecule has 1 aromatic carbocycles. The summed E-state index contributed by atoms with van der Waals surface area (Å²) in [5.41, 5.74) is -1.17. The van der Waals surface area contributed by atoms with Gasteiger partial charge in [0.1, 0.15) is 5.82 Å². The van der Waals surface area contributed by atoms with Gasteiger partial charge in [-0.2, -0.15) is 28.2 Å². The number of benzene rings is 1. The average Bonchev–Trinajstić information content (AvgIpc) is 3.31. The van der Waals surface area contributed by atoms with Crippen molar-refractivity contribution < 1.29 is 31.1 Å². The highest BCUT2D eigenvalue weighted by atomic mass is 19.4. The number of carbonyl (C=O) groups excluding carboxylic acids is 1. The first-order chi connectivity index (χ1) is 16.4. The van der Waals surface area contributed by atoms with Gasteiger partial charge in [-0.25, -0.2) is 23.1 Å². The quantitative estimate of drug-likeness (QED) is 0.538. The molecule has 2 unspecified atom stereocenters. The van der Waals surface area contributed by atoms with Crippen LogP contribution < -0.4 is 5.32 Å². The van der Waals surface area contributed by atoms with Crippen molar-refractivity contribution in [3.63, 3.8) is 0 Å². The molecule has 14 heteroatoms. The normalized spacial score (nSPS) is 20.0. The van der Waals surface area contributed by atoms with Gasteiger partial charge in [-0.15, -0.1) is 0 Å². The molecule has 1 amide bonds. The van der Waals surface area contributed by atoms with E-state index >= 15 is 0 Å². The maximum Gasteiger partial charge on any atom is 0.419 e. The second-order valence-corrected chi connectivity index (χ2v) is 8.19. The van der Waals surface area contributed by atoms with Crippen molar-refractivity contribution >= 4 is 11.9 Å². The number of alkyl halides is 5.